The minimum absolute atomic E-state index is 0.272. The van der Waals surface area contributed by atoms with Gasteiger partial charge >= 0.3 is 6.03 Å². The molecule has 1 unspecified atom stereocenters. The van der Waals surface area contributed by atoms with Gasteiger partial charge in [0, 0.05) is 23.2 Å². The molecule has 1 atom stereocenters. The van der Waals surface area contributed by atoms with E-state index < -0.39 is 11.9 Å². The van der Waals surface area contributed by atoms with Crippen molar-refractivity contribution in [3.63, 3.8) is 0 Å². The van der Waals surface area contributed by atoms with Crippen molar-refractivity contribution in [1.82, 2.24) is 15.4 Å². The highest BCUT2D eigenvalue weighted by atomic mass is 35.5. The van der Waals surface area contributed by atoms with Crippen LogP contribution in [0.2, 0.25) is 5.02 Å². The lowest BCUT2D eigenvalue weighted by atomic mass is 10.1. The van der Waals surface area contributed by atoms with Crippen LogP contribution in [0.4, 0.5) is 9.18 Å². The summed E-state index contributed by atoms with van der Waals surface area (Å²) < 4.78 is 19.0. The largest absolute Gasteiger partial charge is 0.361 e. The maximum absolute atomic E-state index is 13.9. The molecule has 7 heteroatoms. The van der Waals surface area contributed by atoms with Crippen molar-refractivity contribution in [2.24, 2.45) is 0 Å². The molecule has 1 aromatic heterocycles. The number of rotatable bonds is 4. The molecule has 5 nitrogen and oxygen atoms in total. The highest BCUT2D eigenvalue weighted by Crippen LogP contribution is 2.25. The summed E-state index contributed by atoms with van der Waals surface area (Å²) in [7, 11) is 1.65. The van der Waals surface area contributed by atoms with Crippen LogP contribution in [-0.4, -0.2) is 23.1 Å². The van der Waals surface area contributed by atoms with Gasteiger partial charge in [-0.1, -0.05) is 22.8 Å². The summed E-state index contributed by atoms with van der Waals surface area (Å²) in [5.41, 5.74) is 1.87. The van der Waals surface area contributed by atoms with Crippen LogP contribution in [0.15, 0.2) is 22.7 Å². The van der Waals surface area contributed by atoms with Crippen LogP contribution < -0.4 is 5.32 Å². The Bertz CT molecular complexity index is 678. The van der Waals surface area contributed by atoms with Gasteiger partial charge in [-0.2, -0.15) is 0 Å². The molecule has 0 spiro atoms. The normalized spacial score (nSPS) is 12.1. The van der Waals surface area contributed by atoms with Gasteiger partial charge in [-0.15, -0.1) is 0 Å². The Morgan fingerprint density at radius 1 is 1.48 bits per heavy atom. The van der Waals surface area contributed by atoms with E-state index in [1.54, 1.807) is 27.0 Å². The van der Waals surface area contributed by atoms with E-state index in [4.69, 9.17) is 16.1 Å². The number of amides is 2. The Kier molecular flexibility index (Phi) is 5.26. The molecular weight excluding hydrogens is 321 g/mol. The Morgan fingerprint density at radius 3 is 2.74 bits per heavy atom. The average Bonchev–Trinajstić information content (AvgIpc) is 2.78. The molecule has 0 saturated heterocycles. The van der Waals surface area contributed by atoms with E-state index in [-0.39, 0.29) is 16.6 Å². The predicted molar refractivity (Wildman–Crippen MR) is 85.8 cm³/mol. The first-order valence-electron chi connectivity index (χ1n) is 7.18. The molecule has 0 aliphatic carbocycles. The number of nitrogens with zero attached hydrogens (tertiary/aromatic N) is 2. The lowest BCUT2D eigenvalue weighted by Crippen LogP contribution is -2.38. The minimum atomic E-state index is -0.552. The quantitative estimate of drug-likeness (QED) is 0.916. The highest BCUT2D eigenvalue weighted by molar-refractivity contribution is 6.31. The Morgan fingerprint density at radius 2 is 2.17 bits per heavy atom. The minimum Gasteiger partial charge on any atom is -0.361 e. The fourth-order valence-corrected chi connectivity index (χ4v) is 2.66. The molecular formula is C16H19ClFN3O2. The first-order chi connectivity index (χ1) is 10.8. The van der Waals surface area contributed by atoms with Gasteiger partial charge in [-0.05, 0) is 32.9 Å². The summed E-state index contributed by atoms with van der Waals surface area (Å²) >= 11 is 6.02. The van der Waals surface area contributed by atoms with Crippen molar-refractivity contribution in [3.05, 3.63) is 51.6 Å². The second-order valence-electron chi connectivity index (χ2n) is 5.47. The number of halogens is 2. The summed E-state index contributed by atoms with van der Waals surface area (Å²) in [6.07, 6.45) is 0. The molecule has 0 radical (unpaired) electrons. The van der Waals surface area contributed by atoms with Gasteiger partial charge in [0.15, 0.2) is 0 Å². The molecule has 2 aromatic rings. The summed E-state index contributed by atoms with van der Waals surface area (Å²) in [6.45, 7) is 5.65. The van der Waals surface area contributed by atoms with Gasteiger partial charge < -0.3 is 14.7 Å². The lowest BCUT2D eigenvalue weighted by molar-refractivity contribution is 0.203. The van der Waals surface area contributed by atoms with E-state index in [9.17, 15) is 9.18 Å². The molecule has 0 aliphatic heterocycles. The number of carbonyl (C=O) groups is 1. The van der Waals surface area contributed by atoms with E-state index in [0.29, 0.717) is 12.3 Å². The number of aromatic nitrogens is 1. The van der Waals surface area contributed by atoms with Crippen molar-refractivity contribution >= 4 is 17.6 Å². The molecule has 1 heterocycles. The predicted octanol–water partition coefficient (Wildman–Crippen LogP) is 3.99. The zero-order valence-electron chi connectivity index (χ0n) is 13.5. The second kappa shape index (κ2) is 7.00. The molecule has 1 aromatic carbocycles. The molecule has 2 rings (SSSR count). The van der Waals surface area contributed by atoms with Crippen LogP contribution in [0, 0.1) is 19.7 Å². The Hall–Kier alpha value is -2.08. The third kappa shape index (κ3) is 3.82. The van der Waals surface area contributed by atoms with Crippen molar-refractivity contribution in [2.75, 3.05) is 7.05 Å². The SMILES string of the molecule is Cc1noc(C)c1CN(C)C(=O)NC(C)c1c(F)cccc1Cl. The number of benzene rings is 1. The summed E-state index contributed by atoms with van der Waals surface area (Å²) in [5.74, 6) is 0.228. The van der Waals surface area contributed by atoms with Crippen molar-refractivity contribution in [1.29, 1.82) is 0 Å². The zero-order chi connectivity index (χ0) is 17.1. The van der Waals surface area contributed by atoms with E-state index in [1.165, 1.54) is 17.0 Å². The van der Waals surface area contributed by atoms with Crippen LogP contribution in [-0.2, 0) is 6.54 Å². The summed E-state index contributed by atoms with van der Waals surface area (Å²) in [4.78, 5) is 13.8. The first-order valence-corrected chi connectivity index (χ1v) is 7.56. The highest BCUT2D eigenvalue weighted by Gasteiger charge is 2.20. The van der Waals surface area contributed by atoms with Gasteiger partial charge in [0.05, 0.1) is 18.3 Å². The number of aryl methyl sites for hydroxylation is 2. The van der Waals surface area contributed by atoms with Crippen LogP contribution in [0.1, 0.15) is 35.5 Å². The van der Waals surface area contributed by atoms with E-state index in [0.717, 1.165) is 11.3 Å². The number of hydrogen-bond donors (Lipinski definition) is 1. The van der Waals surface area contributed by atoms with Crippen LogP contribution in [0.5, 0.6) is 0 Å². The van der Waals surface area contributed by atoms with Gasteiger partial charge in [0.25, 0.3) is 0 Å². The number of hydrogen-bond acceptors (Lipinski definition) is 3. The topological polar surface area (TPSA) is 58.4 Å². The second-order valence-corrected chi connectivity index (χ2v) is 5.87. The maximum atomic E-state index is 13.9. The van der Waals surface area contributed by atoms with Gasteiger partial charge in [0.1, 0.15) is 11.6 Å². The van der Waals surface area contributed by atoms with Crippen molar-refractivity contribution < 1.29 is 13.7 Å². The lowest BCUT2D eigenvalue weighted by Gasteiger charge is -2.22. The standard InChI is InChI=1S/C16H19ClFN3O2/c1-9-12(11(3)23-20-9)8-21(4)16(22)19-10(2)15-13(17)6-5-7-14(15)18/h5-7,10H,8H2,1-4H3,(H,19,22). The molecule has 0 fully saturated rings. The first kappa shape index (κ1) is 17.3. The van der Waals surface area contributed by atoms with Gasteiger partial charge in [-0.3, -0.25) is 0 Å². The molecule has 0 aliphatic rings. The monoisotopic (exact) mass is 339 g/mol. The van der Waals surface area contributed by atoms with Crippen molar-refractivity contribution in [3.8, 4) is 0 Å². The number of nitrogens with one attached hydrogen (secondary N) is 1. The smallest absolute Gasteiger partial charge is 0.317 e. The average molecular weight is 340 g/mol. The summed E-state index contributed by atoms with van der Waals surface area (Å²) in [5, 5.41) is 6.88. The third-order valence-electron chi connectivity index (χ3n) is 3.70. The molecule has 124 valence electrons. The molecule has 1 N–H and O–H groups in total. The van der Waals surface area contributed by atoms with E-state index in [1.807, 2.05) is 6.92 Å². The molecule has 23 heavy (non-hydrogen) atoms. The van der Waals surface area contributed by atoms with Crippen LogP contribution in [0.25, 0.3) is 0 Å². The molecule has 0 bridgehead atoms. The zero-order valence-corrected chi connectivity index (χ0v) is 14.2. The van der Waals surface area contributed by atoms with E-state index in [2.05, 4.69) is 10.5 Å². The number of carbonyl (C=O) groups excluding carboxylic acids is 1. The maximum Gasteiger partial charge on any atom is 0.317 e. The Balaban J connectivity index is 2.06. The van der Waals surface area contributed by atoms with Gasteiger partial charge in [0.2, 0.25) is 0 Å². The molecule has 2 amide bonds. The molecule has 0 saturated carbocycles. The van der Waals surface area contributed by atoms with Gasteiger partial charge in [-0.25, -0.2) is 9.18 Å². The Labute approximate surface area is 139 Å². The fourth-order valence-electron chi connectivity index (χ4n) is 2.33. The summed E-state index contributed by atoms with van der Waals surface area (Å²) in [6, 6.07) is 3.55. The third-order valence-corrected chi connectivity index (χ3v) is 4.03. The number of urea groups is 1. The van der Waals surface area contributed by atoms with Crippen LogP contribution in [0.3, 0.4) is 0 Å². The van der Waals surface area contributed by atoms with E-state index >= 15 is 0 Å². The van der Waals surface area contributed by atoms with Crippen LogP contribution >= 0.6 is 11.6 Å². The fraction of sp³-hybridized carbons (Fsp3) is 0.375. The van der Waals surface area contributed by atoms with Crippen molar-refractivity contribution in [2.45, 2.75) is 33.4 Å².